The van der Waals surface area contributed by atoms with E-state index < -0.39 is 5.97 Å². The number of aromatic nitrogens is 1. The minimum atomic E-state index is -0.776. The van der Waals surface area contributed by atoms with Crippen LogP contribution < -0.4 is 4.74 Å². The molecule has 0 aliphatic carbocycles. The highest BCUT2D eigenvalue weighted by Crippen LogP contribution is 2.28. The number of benzene rings is 1. The monoisotopic (exact) mass is 369 g/mol. The van der Waals surface area contributed by atoms with Crippen LogP contribution in [0.25, 0.3) is 10.6 Å². The van der Waals surface area contributed by atoms with Gasteiger partial charge in [-0.2, -0.15) is 0 Å². The average Bonchev–Trinajstić information content (AvgIpc) is 3.25. The third-order valence-corrected chi connectivity index (χ3v) is 5.25. The first-order chi connectivity index (χ1) is 12.5. The van der Waals surface area contributed by atoms with Crippen LogP contribution in [0.1, 0.15) is 23.2 Å². The van der Waals surface area contributed by atoms with Crippen molar-refractivity contribution in [2.24, 2.45) is 0 Å². The van der Waals surface area contributed by atoms with Gasteiger partial charge in [-0.3, -0.25) is 4.79 Å². The van der Waals surface area contributed by atoms with Gasteiger partial charge in [0.1, 0.15) is 12.4 Å². The Morgan fingerprint density at radius 2 is 2.04 bits per heavy atom. The molecule has 0 unspecified atom stereocenters. The molecule has 26 heavy (non-hydrogen) atoms. The van der Waals surface area contributed by atoms with E-state index in [1.54, 1.807) is 11.3 Å². The highest BCUT2D eigenvalue weighted by Gasteiger charge is 2.12. The molecule has 0 saturated carbocycles. The molecule has 1 aromatic carbocycles. The second kappa shape index (κ2) is 8.23. The van der Waals surface area contributed by atoms with Crippen molar-refractivity contribution in [3.8, 4) is 16.3 Å². The van der Waals surface area contributed by atoms with E-state index in [4.69, 9.17) is 9.84 Å². The lowest BCUT2D eigenvalue weighted by molar-refractivity contribution is -0.136. The lowest BCUT2D eigenvalue weighted by Crippen LogP contribution is -2.13. The molecule has 5 heteroatoms. The van der Waals surface area contributed by atoms with Crippen molar-refractivity contribution in [1.82, 2.24) is 4.57 Å². The zero-order chi connectivity index (χ0) is 18.5. The van der Waals surface area contributed by atoms with E-state index in [-0.39, 0.29) is 6.42 Å². The van der Waals surface area contributed by atoms with Gasteiger partial charge in [0, 0.05) is 5.69 Å². The maximum absolute atomic E-state index is 11.0. The Balaban J connectivity index is 1.77. The molecular weight excluding hydrogens is 346 g/mol. The van der Waals surface area contributed by atoms with E-state index in [1.807, 2.05) is 19.1 Å². The fourth-order valence-corrected chi connectivity index (χ4v) is 3.74. The number of carboxylic acid groups (broad SMARTS) is 1. The van der Waals surface area contributed by atoms with Gasteiger partial charge in [0.25, 0.3) is 0 Å². The predicted molar refractivity (Wildman–Crippen MR) is 105 cm³/mol. The Morgan fingerprint density at radius 1 is 1.19 bits per heavy atom. The number of rotatable bonds is 8. The van der Waals surface area contributed by atoms with Crippen LogP contribution in [-0.4, -0.2) is 22.2 Å². The van der Waals surface area contributed by atoms with Crippen molar-refractivity contribution >= 4 is 17.3 Å². The van der Waals surface area contributed by atoms with Gasteiger partial charge >= 0.3 is 5.97 Å². The van der Waals surface area contributed by atoms with Crippen LogP contribution in [-0.2, 0) is 17.8 Å². The summed E-state index contributed by atoms with van der Waals surface area (Å²) in [4.78, 5) is 12.1. The summed E-state index contributed by atoms with van der Waals surface area (Å²) in [5.41, 5.74) is 4.44. The van der Waals surface area contributed by atoms with Gasteiger partial charge in [-0.25, -0.2) is 0 Å². The molecule has 0 amide bonds. The van der Waals surface area contributed by atoms with Gasteiger partial charge in [0.2, 0.25) is 0 Å². The van der Waals surface area contributed by atoms with E-state index in [0.717, 1.165) is 22.7 Å². The molecule has 3 aromatic rings. The van der Waals surface area contributed by atoms with Crippen LogP contribution in [0.15, 0.2) is 47.8 Å². The molecule has 0 bridgehead atoms. The molecule has 4 nitrogen and oxygen atoms in total. The van der Waals surface area contributed by atoms with Gasteiger partial charge < -0.3 is 14.4 Å². The van der Waals surface area contributed by atoms with E-state index in [0.29, 0.717) is 19.6 Å². The van der Waals surface area contributed by atoms with Gasteiger partial charge in [-0.05, 0) is 61.0 Å². The number of aryl methyl sites for hydroxylation is 3. The van der Waals surface area contributed by atoms with Crippen LogP contribution in [0.4, 0.5) is 0 Å². The number of carbonyl (C=O) groups is 1. The van der Waals surface area contributed by atoms with Gasteiger partial charge in [0.15, 0.2) is 0 Å². The lowest BCUT2D eigenvalue weighted by atomic mass is 10.1. The van der Waals surface area contributed by atoms with E-state index >= 15 is 0 Å². The molecule has 0 fully saturated rings. The molecule has 0 atom stereocenters. The number of thiophene rings is 1. The first-order valence-electron chi connectivity index (χ1n) is 8.68. The van der Waals surface area contributed by atoms with Crippen molar-refractivity contribution in [3.63, 3.8) is 0 Å². The second-order valence-corrected chi connectivity index (χ2v) is 7.30. The third-order valence-electron chi connectivity index (χ3n) is 4.36. The summed E-state index contributed by atoms with van der Waals surface area (Å²) in [6.45, 7) is 5.32. The Hall–Kier alpha value is -2.53. The fraction of sp³-hybridized carbons (Fsp3) is 0.286. The summed E-state index contributed by atoms with van der Waals surface area (Å²) in [7, 11) is 0. The first kappa shape index (κ1) is 18.3. The van der Waals surface area contributed by atoms with Crippen molar-refractivity contribution in [2.45, 2.75) is 33.2 Å². The normalized spacial score (nSPS) is 10.8. The molecule has 0 aliphatic rings. The number of nitrogens with zero attached hydrogens (tertiary/aromatic N) is 1. The summed E-state index contributed by atoms with van der Waals surface area (Å²) in [6.07, 6.45) is 0.649. The zero-order valence-corrected chi connectivity index (χ0v) is 15.9. The predicted octanol–water partition coefficient (Wildman–Crippen LogP) is 4.93. The van der Waals surface area contributed by atoms with Crippen LogP contribution in [0.2, 0.25) is 0 Å². The highest BCUT2D eigenvalue weighted by molar-refractivity contribution is 7.13. The maximum atomic E-state index is 11.0. The van der Waals surface area contributed by atoms with Crippen LogP contribution in [0.3, 0.4) is 0 Å². The van der Waals surface area contributed by atoms with Crippen LogP contribution in [0.5, 0.6) is 5.75 Å². The second-order valence-electron chi connectivity index (χ2n) is 6.35. The molecule has 0 spiro atoms. The van der Waals surface area contributed by atoms with Gasteiger partial charge in [0.05, 0.1) is 23.5 Å². The number of carboxylic acids is 1. The van der Waals surface area contributed by atoms with Gasteiger partial charge in [-0.1, -0.05) is 18.2 Å². The SMILES string of the molecule is Cc1ccc(C)c(OCCn2c(CCC(=O)O)ccc2-c2cccs2)c1. The molecule has 0 aliphatic heterocycles. The highest BCUT2D eigenvalue weighted by atomic mass is 32.1. The summed E-state index contributed by atoms with van der Waals surface area (Å²) < 4.78 is 8.19. The zero-order valence-electron chi connectivity index (χ0n) is 15.1. The summed E-state index contributed by atoms with van der Waals surface area (Å²) in [5, 5.41) is 11.1. The smallest absolute Gasteiger partial charge is 0.303 e. The largest absolute Gasteiger partial charge is 0.491 e. The van der Waals surface area contributed by atoms with E-state index in [1.165, 1.54) is 10.4 Å². The van der Waals surface area contributed by atoms with E-state index in [2.05, 4.69) is 47.2 Å². The number of hydrogen-bond donors (Lipinski definition) is 1. The molecule has 2 heterocycles. The number of aliphatic carboxylic acids is 1. The Bertz CT molecular complexity index is 881. The van der Waals surface area contributed by atoms with Crippen molar-refractivity contribution in [2.75, 3.05) is 6.61 Å². The first-order valence-corrected chi connectivity index (χ1v) is 9.56. The van der Waals surface area contributed by atoms with Crippen molar-refractivity contribution in [3.05, 3.63) is 64.7 Å². The number of hydrogen-bond acceptors (Lipinski definition) is 3. The molecule has 3 rings (SSSR count). The Morgan fingerprint density at radius 3 is 2.77 bits per heavy atom. The topological polar surface area (TPSA) is 51.5 Å². The standard InChI is InChI=1S/C21H23NO3S/c1-15-5-6-16(2)19(14-15)25-12-11-22-17(8-10-21(23)24)7-9-18(22)20-4-3-13-26-20/h3-7,9,13-14H,8,10-12H2,1-2H3,(H,23,24). The minimum Gasteiger partial charge on any atom is -0.491 e. The molecule has 0 radical (unpaired) electrons. The maximum Gasteiger partial charge on any atom is 0.303 e. The Labute approximate surface area is 157 Å². The Kier molecular flexibility index (Phi) is 5.78. The van der Waals surface area contributed by atoms with Crippen LogP contribution in [0, 0.1) is 13.8 Å². The summed E-state index contributed by atoms with van der Waals surface area (Å²) in [5.74, 6) is 0.129. The average molecular weight is 369 g/mol. The summed E-state index contributed by atoms with van der Waals surface area (Å²) in [6, 6.07) is 14.4. The fourth-order valence-electron chi connectivity index (χ4n) is 2.98. The quantitative estimate of drug-likeness (QED) is 0.612. The summed E-state index contributed by atoms with van der Waals surface area (Å²) >= 11 is 1.68. The lowest BCUT2D eigenvalue weighted by Gasteiger charge is -2.15. The third kappa shape index (κ3) is 4.35. The van der Waals surface area contributed by atoms with Crippen molar-refractivity contribution < 1.29 is 14.6 Å². The van der Waals surface area contributed by atoms with Crippen LogP contribution >= 0.6 is 11.3 Å². The molecule has 0 saturated heterocycles. The minimum absolute atomic E-state index is 0.131. The molecule has 2 aromatic heterocycles. The molecule has 136 valence electrons. The van der Waals surface area contributed by atoms with E-state index in [9.17, 15) is 4.79 Å². The van der Waals surface area contributed by atoms with Gasteiger partial charge in [-0.15, -0.1) is 11.3 Å². The van der Waals surface area contributed by atoms with Crippen molar-refractivity contribution in [1.29, 1.82) is 0 Å². The molecule has 1 N–H and O–H groups in total. The molecular formula is C21H23NO3S. The number of ether oxygens (including phenoxy) is 1.